The highest BCUT2D eigenvalue weighted by Crippen LogP contribution is 2.33. The van der Waals surface area contributed by atoms with Crippen LogP contribution in [0.1, 0.15) is 19.5 Å². The number of rotatable bonds is 3. The number of aryl methyl sites for hydroxylation is 2. The molecule has 1 unspecified atom stereocenters. The van der Waals surface area contributed by atoms with Crippen molar-refractivity contribution in [2.24, 2.45) is 7.05 Å². The van der Waals surface area contributed by atoms with Crippen molar-refractivity contribution in [3.8, 4) is 0 Å². The van der Waals surface area contributed by atoms with Crippen molar-refractivity contribution in [3.63, 3.8) is 0 Å². The molecule has 1 fully saturated rings. The molecule has 1 atom stereocenters. The van der Waals surface area contributed by atoms with E-state index in [0.29, 0.717) is 17.9 Å². The Bertz CT molecular complexity index is 637. The van der Waals surface area contributed by atoms with Gasteiger partial charge in [0.1, 0.15) is 5.69 Å². The van der Waals surface area contributed by atoms with Crippen LogP contribution in [0.4, 0.5) is 11.5 Å². The average molecular weight is 302 g/mol. The number of anilines is 1. The van der Waals surface area contributed by atoms with Crippen molar-refractivity contribution in [2.75, 3.05) is 23.7 Å². The third-order valence-electron chi connectivity index (χ3n) is 3.62. The molecule has 0 radical (unpaired) electrons. The van der Waals surface area contributed by atoms with Crippen LogP contribution < -0.4 is 4.90 Å². The number of nitro groups is 1. The van der Waals surface area contributed by atoms with E-state index in [1.54, 1.807) is 18.9 Å². The molecule has 1 aromatic heterocycles. The minimum Gasteiger partial charge on any atom is -0.349 e. The van der Waals surface area contributed by atoms with Crippen molar-refractivity contribution in [1.82, 2.24) is 9.78 Å². The van der Waals surface area contributed by atoms with Gasteiger partial charge in [-0.2, -0.15) is 5.10 Å². The predicted octanol–water partition coefficient (Wildman–Crippen LogP) is 0.514. The third-order valence-corrected chi connectivity index (χ3v) is 5.74. The second kappa shape index (κ2) is 5.04. The molecule has 2 rings (SSSR count). The van der Waals surface area contributed by atoms with Crippen LogP contribution in [0.25, 0.3) is 0 Å². The zero-order valence-electron chi connectivity index (χ0n) is 11.7. The average Bonchev–Trinajstić information content (AvgIpc) is 2.70. The van der Waals surface area contributed by atoms with Gasteiger partial charge in [0.2, 0.25) is 5.82 Å². The predicted molar refractivity (Wildman–Crippen MR) is 74.7 cm³/mol. The summed E-state index contributed by atoms with van der Waals surface area (Å²) in [5.41, 5.74) is 0.412. The van der Waals surface area contributed by atoms with Crippen molar-refractivity contribution in [2.45, 2.75) is 25.5 Å². The summed E-state index contributed by atoms with van der Waals surface area (Å²) in [4.78, 5) is 12.6. The number of hydrogen-bond acceptors (Lipinski definition) is 6. The van der Waals surface area contributed by atoms with Gasteiger partial charge in [0.15, 0.2) is 9.84 Å². The fourth-order valence-corrected chi connectivity index (χ4v) is 3.77. The van der Waals surface area contributed by atoms with E-state index in [9.17, 15) is 18.5 Å². The highest BCUT2D eigenvalue weighted by atomic mass is 32.2. The Kier molecular flexibility index (Phi) is 3.72. The first-order valence-corrected chi connectivity index (χ1v) is 8.16. The van der Waals surface area contributed by atoms with E-state index in [1.807, 2.05) is 6.92 Å². The maximum atomic E-state index is 11.7. The Morgan fingerprint density at radius 2 is 2.15 bits per heavy atom. The maximum Gasteiger partial charge on any atom is 0.334 e. The first kappa shape index (κ1) is 14.8. The zero-order valence-corrected chi connectivity index (χ0v) is 12.6. The van der Waals surface area contributed by atoms with Crippen molar-refractivity contribution < 1.29 is 13.3 Å². The van der Waals surface area contributed by atoms with E-state index in [0.717, 1.165) is 0 Å². The molecular formula is C11H18N4O4S. The molecule has 9 heteroatoms. The van der Waals surface area contributed by atoms with Gasteiger partial charge in [0, 0.05) is 20.1 Å². The molecule has 1 aliphatic heterocycles. The SMILES string of the molecule is CCc1nn(C)c(N2CCS(=O)(=O)C(C)C2)c1[N+](=O)[O-]. The second-order valence-electron chi connectivity index (χ2n) is 4.98. The molecule has 0 aliphatic carbocycles. The first-order chi connectivity index (χ1) is 9.27. The Labute approximate surface area is 117 Å². The van der Waals surface area contributed by atoms with Crippen LogP contribution >= 0.6 is 0 Å². The molecule has 1 saturated heterocycles. The lowest BCUT2D eigenvalue weighted by atomic mass is 10.2. The molecule has 0 bridgehead atoms. The molecule has 0 spiro atoms. The number of sulfone groups is 1. The van der Waals surface area contributed by atoms with E-state index in [2.05, 4.69) is 5.10 Å². The molecular weight excluding hydrogens is 284 g/mol. The zero-order chi connectivity index (χ0) is 15.1. The molecule has 112 valence electrons. The van der Waals surface area contributed by atoms with Crippen LogP contribution in [0.2, 0.25) is 0 Å². The number of nitrogens with zero attached hydrogens (tertiary/aromatic N) is 4. The molecule has 0 saturated carbocycles. The Hall–Kier alpha value is -1.64. The monoisotopic (exact) mass is 302 g/mol. The largest absolute Gasteiger partial charge is 0.349 e. The summed E-state index contributed by atoms with van der Waals surface area (Å²) in [6, 6.07) is 0. The quantitative estimate of drug-likeness (QED) is 0.596. The highest BCUT2D eigenvalue weighted by Gasteiger charge is 2.36. The lowest BCUT2D eigenvalue weighted by Gasteiger charge is -2.31. The summed E-state index contributed by atoms with van der Waals surface area (Å²) >= 11 is 0. The third kappa shape index (κ3) is 2.37. The van der Waals surface area contributed by atoms with Gasteiger partial charge in [-0.1, -0.05) is 6.92 Å². The molecule has 8 nitrogen and oxygen atoms in total. The second-order valence-corrected chi connectivity index (χ2v) is 7.52. The van der Waals surface area contributed by atoms with Crippen LogP contribution in [-0.4, -0.2) is 47.2 Å². The molecule has 0 N–H and O–H groups in total. The van der Waals surface area contributed by atoms with E-state index < -0.39 is 20.0 Å². The smallest absolute Gasteiger partial charge is 0.334 e. The van der Waals surface area contributed by atoms with Crippen LogP contribution in [-0.2, 0) is 23.3 Å². The summed E-state index contributed by atoms with van der Waals surface area (Å²) in [5, 5.41) is 14.9. The minimum absolute atomic E-state index is 0.0119. The lowest BCUT2D eigenvalue weighted by Crippen LogP contribution is -2.46. The normalized spacial score (nSPS) is 21.9. The molecule has 2 heterocycles. The Morgan fingerprint density at radius 3 is 2.65 bits per heavy atom. The van der Waals surface area contributed by atoms with Gasteiger partial charge < -0.3 is 4.90 Å². The summed E-state index contributed by atoms with van der Waals surface area (Å²) in [6.45, 7) is 3.95. The molecule has 0 amide bonds. The van der Waals surface area contributed by atoms with Gasteiger partial charge in [0.05, 0.1) is 15.9 Å². The fourth-order valence-electron chi connectivity index (χ4n) is 2.48. The van der Waals surface area contributed by atoms with Gasteiger partial charge in [-0.25, -0.2) is 13.1 Å². The highest BCUT2D eigenvalue weighted by molar-refractivity contribution is 7.92. The standard InChI is InChI=1S/C11H18N4O4S/c1-4-9-10(15(16)17)11(13(3)12-9)14-5-6-20(18,19)8(2)7-14/h8H,4-7H2,1-3H3. The van der Waals surface area contributed by atoms with Crippen LogP contribution in [0.5, 0.6) is 0 Å². The van der Waals surface area contributed by atoms with E-state index >= 15 is 0 Å². The van der Waals surface area contributed by atoms with Crippen LogP contribution in [0, 0.1) is 10.1 Å². The molecule has 20 heavy (non-hydrogen) atoms. The molecule has 1 aromatic rings. The van der Waals surface area contributed by atoms with Crippen molar-refractivity contribution in [1.29, 1.82) is 0 Å². The van der Waals surface area contributed by atoms with Gasteiger partial charge in [-0.05, 0) is 13.3 Å². The van der Waals surface area contributed by atoms with E-state index in [4.69, 9.17) is 0 Å². The maximum absolute atomic E-state index is 11.7. The summed E-state index contributed by atoms with van der Waals surface area (Å²) in [6.07, 6.45) is 0.464. The minimum atomic E-state index is -3.09. The van der Waals surface area contributed by atoms with Gasteiger partial charge >= 0.3 is 5.69 Å². The van der Waals surface area contributed by atoms with Crippen LogP contribution in [0.3, 0.4) is 0 Å². The van der Waals surface area contributed by atoms with Gasteiger partial charge in [-0.15, -0.1) is 0 Å². The Morgan fingerprint density at radius 1 is 1.50 bits per heavy atom. The van der Waals surface area contributed by atoms with Crippen LogP contribution in [0.15, 0.2) is 0 Å². The molecule has 1 aliphatic rings. The molecule has 0 aromatic carbocycles. The number of aromatic nitrogens is 2. The van der Waals surface area contributed by atoms with E-state index in [-0.39, 0.29) is 24.5 Å². The van der Waals surface area contributed by atoms with E-state index in [1.165, 1.54) is 4.68 Å². The summed E-state index contributed by atoms with van der Waals surface area (Å²) in [5.74, 6) is 0.409. The lowest BCUT2D eigenvalue weighted by molar-refractivity contribution is -0.384. The van der Waals surface area contributed by atoms with Crippen molar-refractivity contribution in [3.05, 3.63) is 15.8 Å². The van der Waals surface area contributed by atoms with Crippen molar-refractivity contribution >= 4 is 21.3 Å². The summed E-state index contributed by atoms with van der Waals surface area (Å²) in [7, 11) is -1.44. The topological polar surface area (TPSA) is 98.3 Å². The Balaban J connectivity index is 2.44. The van der Waals surface area contributed by atoms with Gasteiger partial charge in [-0.3, -0.25) is 10.1 Å². The summed E-state index contributed by atoms with van der Waals surface area (Å²) < 4.78 is 25.0. The fraction of sp³-hybridized carbons (Fsp3) is 0.727. The first-order valence-electron chi connectivity index (χ1n) is 6.44. The van der Waals surface area contributed by atoms with Gasteiger partial charge in [0.25, 0.3) is 0 Å². The number of hydrogen-bond donors (Lipinski definition) is 0.